The molecule has 0 fully saturated rings. The third-order valence-electron chi connectivity index (χ3n) is 5.69. The highest BCUT2D eigenvalue weighted by molar-refractivity contribution is 7.17. The van der Waals surface area contributed by atoms with Gasteiger partial charge in [0.1, 0.15) is 22.0 Å². The standard InChI is InChI=1S/C27H25N7O3S/c1-4-37-24-14-19(9-12-23(24)36-3)22-6-5-13-34(33-22)27(35)25-17(2)30-26(38-25)18-7-10-20(11-8-18)31-32-21(15-28)16-29/h7-12,14,21H,4-6,13H2,1-3H3. The molecule has 0 radical (unpaired) electrons. The molecule has 0 aliphatic carbocycles. The van der Waals surface area contributed by atoms with Gasteiger partial charge in [-0.1, -0.05) is 0 Å². The van der Waals surface area contributed by atoms with Crippen molar-refractivity contribution in [3.05, 3.63) is 58.6 Å². The molecule has 38 heavy (non-hydrogen) atoms. The molecule has 3 aromatic rings. The largest absolute Gasteiger partial charge is 0.493 e. The van der Waals surface area contributed by atoms with Crippen molar-refractivity contribution in [3.63, 3.8) is 0 Å². The van der Waals surface area contributed by atoms with E-state index >= 15 is 0 Å². The topological polar surface area (TPSA) is 136 Å². The molecule has 192 valence electrons. The van der Waals surface area contributed by atoms with Crippen LogP contribution in [-0.2, 0) is 0 Å². The fraction of sp³-hybridized carbons (Fsp3) is 0.296. The van der Waals surface area contributed by atoms with Gasteiger partial charge in [0.05, 0.1) is 30.8 Å². The van der Waals surface area contributed by atoms with E-state index in [9.17, 15) is 4.79 Å². The molecule has 0 N–H and O–H groups in total. The molecule has 2 aromatic carbocycles. The maximum atomic E-state index is 13.4. The molecule has 11 heteroatoms. The van der Waals surface area contributed by atoms with E-state index in [-0.39, 0.29) is 5.91 Å². The minimum absolute atomic E-state index is 0.188. The number of methoxy groups -OCH3 is 1. The summed E-state index contributed by atoms with van der Waals surface area (Å²) in [4.78, 5) is 18.6. The van der Waals surface area contributed by atoms with Gasteiger partial charge in [-0.05, 0) is 69.2 Å². The Morgan fingerprint density at radius 2 is 1.89 bits per heavy atom. The molecule has 0 atom stereocenters. The molecule has 0 saturated heterocycles. The van der Waals surface area contributed by atoms with E-state index in [0.717, 1.165) is 29.7 Å². The minimum atomic E-state index is -1.14. The van der Waals surface area contributed by atoms with Crippen LogP contribution in [-0.4, -0.2) is 47.9 Å². The van der Waals surface area contributed by atoms with E-state index in [1.54, 1.807) is 31.4 Å². The number of aryl methyl sites for hydroxylation is 1. The van der Waals surface area contributed by atoms with Crippen molar-refractivity contribution in [3.8, 4) is 34.2 Å². The van der Waals surface area contributed by atoms with Crippen LogP contribution in [0.15, 0.2) is 57.8 Å². The summed E-state index contributed by atoms with van der Waals surface area (Å²) in [6.45, 7) is 4.76. The monoisotopic (exact) mass is 527 g/mol. The van der Waals surface area contributed by atoms with Crippen LogP contribution in [0.5, 0.6) is 11.5 Å². The predicted octanol–water partition coefficient (Wildman–Crippen LogP) is 5.67. The SMILES string of the molecule is CCOc1cc(C2=NN(C(=O)c3sc(-c4ccc(N=NC(C#N)C#N)cc4)nc3C)CCC2)ccc1OC. The zero-order valence-corrected chi connectivity index (χ0v) is 22.0. The number of hydrogen-bond donors (Lipinski definition) is 0. The number of nitrogens with zero attached hydrogens (tertiary/aromatic N) is 7. The van der Waals surface area contributed by atoms with Crippen molar-refractivity contribution in [2.75, 3.05) is 20.3 Å². The van der Waals surface area contributed by atoms with Crippen LogP contribution in [0.3, 0.4) is 0 Å². The van der Waals surface area contributed by atoms with Gasteiger partial charge >= 0.3 is 0 Å². The molecular weight excluding hydrogens is 502 g/mol. The normalized spacial score (nSPS) is 13.2. The molecule has 4 rings (SSSR count). The van der Waals surface area contributed by atoms with Gasteiger partial charge in [0, 0.05) is 17.7 Å². The van der Waals surface area contributed by atoms with Crippen molar-refractivity contribution in [1.29, 1.82) is 10.5 Å². The number of carbonyl (C=O) groups is 1. The Bertz CT molecular complexity index is 1450. The lowest BCUT2D eigenvalue weighted by Crippen LogP contribution is -2.32. The lowest BCUT2D eigenvalue weighted by molar-refractivity contribution is 0.0755. The lowest BCUT2D eigenvalue weighted by atomic mass is 10.0. The van der Waals surface area contributed by atoms with Crippen molar-refractivity contribution < 1.29 is 14.3 Å². The maximum Gasteiger partial charge on any atom is 0.285 e. The first-order chi connectivity index (χ1) is 18.5. The summed E-state index contributed by atoms with van der Waals surface area (Å²) in [5.74, 6) is 1.10. The zero-order chi connectivity index (χ0) is 27.1. The van der Waals surface area contributed by atoms with E-state index in [0.29, 0.717) is 45.9 Å². The van der Waals surface area contributed by atoms with Gasteiger partial charge in [0.15, 0.2) is 11.5 Å². The molecule has 2 heterocycles. The molecule has 1 amide bonds. The molecule has 1 aliphatic rings. The van der Waals surface area contributed by atoms with Crippen molar-refractivity contribution in [2.45, 2.75) is 32.7 Å². The Morgan fingerprint density at radius 1 is 1.16 bits per heavy atom. The number of carbonyl (C=O) groups excluding carboxylic acids is 1. The van der Waals surface area contributed by atoms with E-state index in [1.165, 1.54) is 16.3 Å². The predicted molar refractivity (Wildman–Crippen MR) is 143 cm³/mol. The Hall–Kier alpha value is -4.61. The van der Waals surface area contributed by atoms with Crippen LogP contribution in [0.4, 0.5) is 5.69 Å². The molecule has 1 aromatic heterocycles. The first-order valence-corrected chi connectivity index (χ1v) is 12.8. The quantitative estimate of drug-likeness (QED) is 0.346. The van der Waals surface area contributed by atoms with Gasteiger partial charge in [-0.15, -0.1) is 11.3 Å². The number of benzene rings is 2. The Labute approximate surface area is 224 Å². The first kappa shape index (κ1) is 26.5. The number of ether oxygens (including phenoxy) is 2. The smallest absolute Gasteiger partial charge is 0.285 e. The molecule has 1 aliphatic heterocycles. The number of hydrazone groups is 1. The van der Waals surface area contributed by atoms with E-state index in [4.69, 9.17) is 20.0 Å². The second-order valence-corrected chi connectivity index (χ2v) is 9.23. The summed E-state index contributed by atoms with van der Waals surface area (Å²) in [5, 5.41) is 32.1. The van der Waals surface area contributed by atoms with Crippen molar-refractivity contribution in [2.24, 2.45) is 15.3 Å². The molecule has 0 bridgehead atoms. The van der Waals surface area contributed by atoms with Gasteiger partial charge in [0.25, 0.3) is 5.91 Å². The van der Waals surface area contributed by atoms with Crippen LogP contribution in [0.25, 0.3) is 10.6 Å². The first-order valence-electron chi connectivity index (χ1n) is 12.0. The highest BCUT2D eigenvalue weighted by atomic mass is 32.1. The number of thiazole rings is 1. The third kappa shape index (κ3) is 5.85. The molecule has 0 unspecified atom stereocenters. The van der Waals surface area contributed by atoms with Crippen LogP contribution >= 0.6 is 11.3 Å². The van der Waals surface area contributed by atoms with Crippen LogP contribution in [0, 0.1) is 29.6 Å². The summed E-state index contributed by atoms with van der Waals surface area (Å²) in [5.41, 5.74) is 3.67. The van der Waals surface area contributed by atoms with Gasteiger partial charge < -0.3 is 9.47 Å². The number of azo groups is 1. The average Bonchev–Trinajstić information content (AvgIpc) is 3.35. The second kappa shape index (κ2) is 12.1. The Balaban J connectivity index is 1.54. The van der Waals surface area contributed by atoms with E-state index in [1.807, 2.05) is 44.2 Å². The molecule has 0 saturated carbocycles. The van der Waals surface area contributed by atoms with E-state index < -0.39 is 6.04 Å². The number of aromatic nitrogens is 1. The minimum Gasteiger partial charge on any atom is -0.493 e. The van der Waals surface area contributed by atoms with Gasteiger partial charge in [-0.3, -0.25) is 4.79 Å². The third-order valence-corrected chi connectivity index (χ3v) is 6.89. The van der Waals surface area contributed by atoms with Crippen molar-refractivity contribution >= 4 is 28.6 Å². The van der Waals surface area contributed by atoms with Crippen LogP contribution < -0.4 is 9.47 Å². The molecular formula is C27H25N7O3S. The van der Waals surface area contributed by atoms with Crippen molar-refractivity contribution in [1.82, 2.24) is 9.99 Å². The second-order valence-electron chi connectivity index (χ2n) is 8.23. The zero-order valence-electron chi connectivity index (χ0n) is 21.2. The number of amides is 1. The summed E-state index contributed by atoms with van der Waals surface area (Å²) < 4.78 is 11.1. The van der Waals surface area contributed by atoms with Gasteiger partial charge in [-0.2, -0.15) is 25.9 Å². The highest BCUT2D eigenvalue weighted by Gasteiger charge is 2.25. The molecule has 0 spiro atoms. The lowest BCUT2D eigenvalue weighted by Gasteiger charge is -2.23. The fourth-order valence-electron chi connectivity index (χ4n) is 3.83. The average molecular weight is 528 g/mol. The van der Waals surface area contributed by atoms with Gasteiger partial charge in [-0.25, -0.2) is 9.99 Å². The van der Waals surface area contributed by atoms with Crippen LogP contribution in [0.2, 0.25) is 0 Å². The Morgan fingerprint density at radius 3 is 2.58 bits per heavy atom. The summed E-state index contributed by atoms with van der Waals surface area (Å²) in [7, 11) is 1.60. The number of rotatable bonds is 8. The maximum absolute atomic E-state index is 13.4. The van der Waals surface area contributed by atoms with Gasteiger partial charge in [0.2, 0.25) is 6.04 Å². The fourth-order valence-corrected chi connectivity index (χ4v) is 4.84. The summed E-state index contributed by atoms with van der Waals surface area (Å²) in [6, 6.07) is 15.1. The Kier molecular flexibility index (Phi) is 8.41. The number of hydrogen-bond acceptors (Lipinski definition) is 10. The highest BCUT2D eigenvalue weighted by Crippen LogP contribution is 2.32. The van der Waals surface area contributed by atoms with E-state index in [2.05, 4.69) is 20.3 Å². The number of nitriles is 2. The molecule has 10 nitrogen and oxygen atoms in total. The summed E-state index contributed by atoms with van der Waals surface area (Å²) >= 11 is 1.31. The summed E-state index contributed by atoms with van der Waals surface area (Å²) in [6.07, 6.45) is 1.54. The van der Waals surface area contributed by atoms with Crippen LogP contribution in [0.1, 0.15) is 40.7 Å².